The molecule has 6 nitrogen and oxygen atoms in total. The number of hydrogen-bond donors (Lipinski definition) is 3. The Labute approximate surface area is 91.7 Å². The Morgan fingerprint density at radius 2 is 2.25 bits per heavy atom. The van der Waals surface area contributed by atoms with Gasteiger partial charge in [-0.25, -0.2) is 4.79 Å². The molecule has 1 aliphatic rings. The SMILES string of the molecule is CN1CC(=O)Nc2c(N)cc(C(=O)O)cc21. The lowest BCUT2D eigenvalue weighted by atomic mass is 10.1. The lowest BCUT2D eigenvalue weighted by molar-refractivity contribution is -0.115. The van der Waals surface area contributed by atoms with Crippen molar-refractivity contribution in [1.82, 2.24) is 0 Å². The zero-order valence-electron chi connectivity index (χ0n) is 8.65. The van der Waals surface area contributed by atoms with E-state index in [2.05, 4.69) is 5.32 Å². The maximum Gasteiger partial charge on any atom is 0.335 e. The zero-order chi connectivity index (χ0) is 11.9. The number of hydrogen-bond acceptors (Lipinski definition) is 4. The van der Waals surface area contributed by atoms with Crippen molar-refractivity contribution in [2.24, 2.45) is 0 Å². The number of anilines is 3. The number of nitrogens with one attached hydrogen (secondary N) is 1. The monoisotopic (exact) mass is 221 g/mol. The zero-order valence-corrected chi connectivity index (χ0v) is 8.65. The third kappa shape index (κ3) is 1.54. The fraction of sp³-hybridized carbons (Fsp3) is 0.200. The summed E-state index contributed by atoms with van der Waals surface area (Å²) in [6.07, 6.45) is 0. The van der Waals surface area contributed by atoms with Crippen LogP contribution in [0.25, 0.3) is 0 Å². The molecule has 0 saturated carbocycles. The van der Waals surface area contributed by atoms with E-state index in [1.807, 2.05) is 0 Å². The van der Waals surface area contributed by atoms with E-state index in [9.17, 15) is 9.59 Å². The third-order valence-electron chi connectivity index (χ3n) is 2.45. The first-order valence-electron chi connectivity index (χ1n) is 4.67. The van der Waals surface area contributed by atoms with Gasteiger partial charge in [0, 0.05) is 7.05 Å². The standard InChI is InChI=1S/C10H11N3O3/c1-13-4-8(14)12-9-6(11)2-5(10(15)16)3-7(9)13/h2-3H,4,11H2,1H3,(H,12,14)(H,15,16). The molecule has 0 unspecified atom stereocenters. The first-order valence-corrected chi connectivity index (χ1v) is 4.67. The molecule has 6 heteroatoms. The number of aromatic carboxylic acids is 1. The predicted octanol–water partition coefficient (Wildman–Crippen LogP) is 0.355. The van der Waals surface area contributed by atoms with Crippen molar-refractivity contribution in [3.05, 3.63) is 17.7 Å². The van der Waals surface area contributed by atoms with Crippen LogP contribution >= 0.6 is 0 Å². The fourth-order valence-electron chi connectivity index (χ4n) is 1.69. The van der Waals surface area contributed by atoms with Crippen LogP contribution in [-0.4, -0.2) is 30.6 Å². The van der Waals surface area contributed by atoms with E-state index in [0.717, 1.165) is 0 Å². The van der Waals surface area contributed by atoms with Crippen LogP contribution in [0, 0.1) is 0 Å². The minimum atomic E-state index is -1.04. The summed E-state index contributed by atoms with van der Waals surface area (Å²) in [5, 5.41) is 11.5. The average Bonchev–Trinajstić information content (AvgIpc) is 2.19. The van der Waals surface area contributed by atoms with Gasteiger partial charge in [0.25, 0.3) is 0 Å². The minimum absolute atomic E-state index is 0.110. The number of benzene rings is 1. The highest BCUT2D eigenvalue weighted by atomic mass is 16.4. The van der Waals surface area contributed by atoms with Gasteiger partial charge in [0.05, 0.1) is 29.2 Å². The Balaban J connectivity index is 2.59. The number of carbonyl (C=O) groups is 2. The van der Waals surface area contributed by atoms with Gasteiger partial charge in [-0.05, 0) is 12.1 Å². The largest absolute Gasteiger partial charge is 0.478 e. The Morgan fingerprint density at radius 3 is 2.88 bits per heavy atom. The molecule has 1 heterocycles. The Hall–Kier alpha value is -2.24. The van der Waals surface area contributed by atoms with Crippen molar-refractivity contribution >= 4 is 28.9 Å². The van der Waals surface area contributed by atoms with Crippen LogP contribution in [0.15, 0.2) is 12.1 Å². The number of amides is 1. The minimum Gasteiger partial charge on any atom is -0.478 e. The van der Waals surface area contributed by atoms with Gasteiger partial charge in [0.1, 0.15) is 0 Å². The van der Waals surface area contributed by atoms with Gasteiger partial charge in [0.2, 0.25) is 5.91 Å². The van der Waals surface area contributed by atoms with Crippen molar-refractivity contribution in [3.63, 3.8) is 0 Å². The van der Waals surface area contributed by atoms with Gasteiger partial charge in [-0.3, -0.25) is 4.79 Å². The molecule has 0 aliphatic carbocycles. The highest BCUT2D eigenvalue weighted by molar-refractivity contribution is 6.06. The summed E-state index contributed by atoms with van der Waals surface area (Å²) in [6, 6.07) is 2.83. The third-order valence-corrected chi connectivity index (χ3v) is 2.45. The second-order valence-electron chi connectivity index (χ2n) is 3.67. The molecule has 1 aromatic rings. The van der Waals surface area contributed by atoms with Crippen LogP contribution in [-0.2, 0) is 4.79 Å². The summed E-state index contributed by atoms with van der Waals surface area (Å²) >= 11 is 0. The molecule has 1 amide bonds. The van der Waals surface area contributed by atoms with Gasteiger partial charge in [-0.15, -0.1) is 0 Å². The van der Waals surface area contributed by atoms with E-state index in [1.54, 1.807) is 11.9 Å². The van der Waals surface area contributed by atoms with E-state index in [4.69, 9.17) is 10.8 Å². The van der Waals surface area contributed by atoms with E-state index in [0.29, 0.717) is 11.4 Å². The van der Waals surface area contributed by atoms with Gasteiger partial charge in [-0.2, -0.15) is 0 Å². The van der Waals surface area contributed by atoms with Crippen LogP contribution in [0.2, 0.25) is 0 Å². The van der Waals surface area contributed by atoms with Crippen LogP contribution < -0.4 is 16.0 Å². The Bertz CT molecular complexity index is 484. The normalized spacial score (nSPS) is 14.3. The van der Waals surface area contributed by atoms with E-state index in [1.165, 1.54) is 12.1 Å². The number of nitrogen functional groups attached to an aromatic ring is 1. The summed E-state index contributed by atoms with van der Waals surface area (Å²) in [4.78, 5) is 23.8. The maximum atomic E-state index is 11.3. The van der Waals surface area contributed by atoms with E-state index in [-0.39, 0.29) is 23.7 Å². The van der Waals surface area contributed by atoms with Crippen LogP contribution in [0.3, 0.4) is 0 Å². The summed E-state index contributed by atoms with van der Waals surface area (Å²) < 4.78 is 0. The van der Waals surface area contributed by atoms with Crippen LogP contribution in [0.4, 0.5) is 17.1 Å². The molecular weight excluding hydrogens is 210 g/mol. The lowest BCUT2D eigenvalue weighted by Gasteiger charge is -2.28. The smallest absolute Gasteiger partial charge is 0.335 e. The molecule has 0 spiro atoms. The first kappa shape index (κ1) is 10.3. The second kappa shape index (κ2) is 3.41. The summed E-state index contributed by atoms with van der Waals surface area (Å²) in [7, 11) is 1.71. The second-order valence-corrected chi connectivity index (χ2v) is 3.67. The molecule has 0 saturated heterocycles. The number of carbonyl (C=O) groups excluding carboxylic acids is 1. The van der Waals surface area contributed by atoms with Crippen LogP contribution in [0.5, 0.6) is 0 Å². The number of nitrogens with zero attached hydrogens (tertiary/aromatic N) is 1. The summed E-state index contributed by atoms with van der Waals surface area (Å²) in [5.41, 5.74) is 7.17. The van der Waals surface area contributed by atoms with Crippen molar-refractivity contribution in [1.29, 1.82) is 0 Å². The fourth-order valence-corrected chi connectivity index (χ4v) is 1.69. The molecule has 1 aliphatic heterocycles. The topological polar surface area (TPSA) is 95.7 Å². The molecule has 0 aromatic heterocycles. The molecular formula is C10H11N3O3. The molecule has 4 N–H and O–H groups in total. The van der Waals surface area contributed by atoms with Crippen LogP contribution in [0.1, 0.15) is 10.4 Å². The van der Waals surface area contributed by atoms with E-state index < -0.39 is 5.97 Å². The molecule has 1 aromatic carbocycles. The van der Waals surface area contributed by atoms with E-state index >= 15 is 0 Å². The maximum absolute atomic E-state index is 11.3. The van der Waals surface area contributed by atoms with Crippen molar-refractivity contribution < 1.29 is 14.7 Å². The molecule has 0 bridgehead atoms. The number of carboxylic acid groups (broad SMARTS) is 1. The number of rotatable bonds is 1. The van der Waals surface area contributed by atoms with Gasteiger partial charge in [0.15, 0.2) is 0 Å². The lowest BCUT2D eigenvalue weighted by Crippen LogP contribution is -2.35. The summed E-state index contributed by atoms with van der Waals surface area (Å²) in [5.74, 6) is -1.20. The predicted molar refractivity (Wildman–Crippen MR) is 59.7 cm³/mol. The number of nitrogens with two attached hydrogens (primary N) is 1. The average molecular weight is 221 g/mol. The van der Waals surface area contributed by atoms with Crippen molar-refractivity contribution in [2.75, 3.05) is 29.5 Å². The Morgan fingerprint density at radius 1 is 1.56 bits per heavy atom. The molecule has 0 fully saturated rings. The highest BCUT2D eigenvalue weighted by Crippen LogP contribution is 2.35. The number of likely N-dealkylation sites (N-methyl/N-ethyl adjacent to an activating group) is 1. The summed E-state index contributed by atoms with van der Waals surface area (Å²) in [6.45, 7) is 0.190. The molecule has 2 rings (SSSR count). The Kier molecular flexibility index (Phi) is 2.19. The quantitative estimate of drug-likeness (QED) is 0.595. The number of fused-ring (bicyclic) bond motifs is 1. The van der Waals surface area contributed by atoms with Crippen molar-refractivity contribution in [2.45, 2.75) is 0 Å². The van der Waals surface area contributed by atoms with Crippen molar-refractivity contribution in [3.8, 4) is 0 Å². The highest BCUT2D eigenvalue weighted by Gasteiger charge is 2.22. The van der Waals surface area contributed by atoms with Gasteiger partial charge in [-0.1, -0.05) is 0 Å². The molecule has 16 heavy (non-hydrogen) atoms. The molecule has 0 radical (unpaired) electrons. The van der Waals surface area contributed by atoms with Gasteiger partial charge < -0.3 is 21.1 Å². The molecule has 0 atom stereocenters. The molecule has 84 valence electrons. The number of carboxylic acids is 1. The first-order chi connectivity index (χ1) is 7.49. The van der Waals surface area contributed by atoms with Gasteiger partial charge >= 0.3 is 5.97 Å².